The summed E-state index contributed by atoms with van der Waals surface area (Å²) in [6.45, 7) is 5.78. The number of carbonyl (C=O) groups excluding carboxylic acids is 5. The van der Waals surface area contributed by atoms with Gasteiger partial charge in [-0.3, -0.25) is 19.3 Å². The molecule has 2 aromatic rings. The summed E-state index contributed by atoms with van der Waals surface area (Å²) in [7, 11) is 1.08. The first-order chi connectivity index (χ1) is 22.4. The molecule has 0 radical (unpaired) electrons. The van der Waals surface area contributed by atoms with Crippen LogP contribution in [0, 0.1) is 0 Å². The van der Waals surface area contributed by atoms with E-state index in [2.05, 4.69) is 0 Å². The molecular weight excluding hydrogens is 620 g/mol. The van der Waals surface area contributed by atoms with Crippen molar-refractivity contribution in [3.63, 3.8) is 0 Å². The number of nitrogens with two attached hydrogens (primary N) is 1. The molecule has 0 saturated carbocycles. The number of hydrogen-bond acceptors (Lipinski definition) is 14. The van der Waals surface area contributed by atoms with Crippen LogP contribution in [0.25, 0.3) is 0 Å². The second kappa shape index (κ2) is 17.7. The Labute approximate surface area is 272 Å². The van der Waals surface area contributed by atoms with Gasteiger partial charge in [-0.25, -0.2) is 9.59 Å². The Bertz CT molecular complexity index is 1390. The Balaban J connectivity index is 1.70. The number of rotatable bonds is 14. The molecule has 1 fully saturated rings. The fraction of sp³-hybridized carbons (Fsp3) is 0.469. The lowest BCUT2D eigenvalue weighted by molar-refractivity contribution is -0.282. The Morgan fingerprint density at radius 3 is 2.09 bits per heavy atom. The molecule has 0 aliphatic carbocycles. The normalized spacial score (nSPS) is 20.3. The number of esters is 4. The van der Waals surface area contributed by atoms with E-state index >= 15 is 0 Å². The van der Waals surface area contributed by atoms with Crippen LogP contribution in [0.15, 0.2) is 48.5 Å². The van der Waals surface area contributed by atoms with Crippen LogP contribution in [-0.2, 0) is 65.4 Å². The molecule has 1 aliphatic heterocycles. The van der Waals surface area contributed by atoms with Gasteiger partial charge in [-0.05, 0) is 36.6 Å². The maximum atomic E-state index is 12.7. The van der Waals surface area contributed by atoms with Crippen LogP contribution in [-0.4, -0.2) is 92.6 Å². The van der Waals surface area contributed by atoms with Gasteiger partial charge in [-0.2, -0.15) is 0 Å². The van der Waals surface area contributed by atoms with Crippen molar-refractivity contribution >= 4 is 35.7 Å². The first-order valence-corrected chi connectivity index (χ1v) is 14.8. The zero-order chi connectivity index (χ0) is 34.5. The molecule has 15 heteroatoms. The molecular formula is C32H40N2O13. The summed E-state index contributed by atoms with van der Waals surface area (Å²) in [5.74, 6) is -3.41. The van der Waals surface area contributed by atoms with Gasteiger partial charge in [0.15, 0.2) is 18.3 Å². The number of nitrogen functional groups attached to an aromatic ring is 1. The minimum atomic E-state index is -1.63. The smallest absolute Gasteiger partial charge is 0.411 e. The molecule has 2 aromatic carbocycles. The van der Waals surface area contributed by atoms with Gasteiger partial charge in [0.1, 0.15) is 19.1 Å². The van der Waals surface area contributed by atoms with E-state index in [9.17, 15) is 24.0 Å². The van der Waals surface area contributed by atoms with Crippen molar-refractivity contribution in [1.29, 1.82) is 0 Å². The predicted octanol–water partition coefficient (Wildman–Crippen LogP) is 2.52. The summed E-state index contributed by atoms with van der Waals surface area (Å²) in [5, 5.41) is 0. The number of anilines is 1. The molecule has 47 heavy (non-hydrogen) atoms. The average molecular weight is 661 g/mol. The Kier molecular flexibility index (Phi) is 13.8. The Morgan fingerprint density at radius 1 is 0.851 bits per heavy atom. The van der Waals surface area contributed by atoms with Gasteiger partial charge >= 0.3 is 30.0 Å². The molecule has 1 amide bonds. The second-order valence-electron chi connectivity index (χ2n) is 10.3. The Morgan fingerprint density at radius 2 is 1.49 bits per heavy atom. The number of carbonyl (C=O) groups is 5. The highest BCUT2D eigenvalue weighted by molar-refractivity contribution is 5.77. The molecule has 1 heterocycles. The lowest BCUT2D eigenvalue weighted by atomic mass is 9.97. The molecule has 3 rings (SSSR count). The molecule has 0 spiro atoms. The van der Waals surface area contributed by atoms with E-state index in [-0.39, 0.29) is 24.8 Å². The van der Waals surface area contributed by atoms with Crippen LogP contribution >= 0.6 is 0 Å². The topological polar surface area (TPSA) is 188 Å². The number of nitrogens with zero attached hydrogens (tertiary/aromatic N) is 1. The van der Waals surface area contributed by atoms with Gasteiger partial charge in [0.05, 0.1) is 19.4 Å². The van der Waals surface area contributed by atoms with Crippen LogP contribution in [0.4, 0.5) is 10.5 Å². The molecule has 5 atom stereocenters. The summed E-state index contributed by atoms with van der Waals surface area (Å²) in [6.07, 6.45) is -7.66. The van der Waals surface area contributed by atoms with Crippen LogP contribution in [0.2, 0.25) is 0 Å². The third-order valence-electron chi connectivity index (χ3n) is 6.78. The summed E-state index contributed by atoms with van der Waals surface area (Å²) in [6, 6.07) is 14.3. The van der Waals surface area contributed by atoms with E-state index in [1.807, 2.05) is 30.3 Å². The number of benzene rings is 2. The fourth-order valence-corrected chi connectivity index (χ4v) is 4.61. The molecule has 1 saturated heterocycles. The third kappa shape index (κ3) is 10.9. The number of hydrogen-bond donors (Lipinski definition) is 1. The van der Waals surface area contributed by atoms with Gasteiger partial charge in [0, 0.05) is 27.3 Å². The van der Waals surface area contributed by atoms with Crippen molar-refractivity contribution in [3.8, 4) is 5.75 Å². The van der Waals surface area contributed by atoms with E-state index in [1.54, 1.807) is 13.0 Å². The van der Waals surface area contributed by atoms with E-state index in [0.29, 0.717) is 25.1 Å². The minimum Gasteiger partial charge on any atom is -0.467 e. The highest BCUT2D eigenvalue weighted by Crippen LogP contribution is 2.33. The van der Waals surface area contributed by atoms with Crippen molar-refractivity contribution in [1.82, 2.24) is 4.90 Å². The zero-order valence-corrected chi connectivity index (χ0v) is 26.9. The number of ether oxygens (including phenoxy) is 8. The van der Waals surface area contributed by atoms with E-state index in [0.717, 1.165) is 33.4 Å². The molecule has 0 bridgehead atoms. The standard InChI is InChI=1S/C32H40N2O13/c1-6-34(18-41-15-14-22-10-8-7-9-11-22)32(39)42-17-23-12-13-25(24(33)16-23)46-31-29(45-21(4)37)27(44-20(3)36)26(43-19(2)35)28(47-31)30(38)40-5/h7-13,16,26-29,31H,6,14-15,17-18,33H2,1-5H3/t26?,27-,28?,29?,31+/m0/s1. The summed E-state index contributed by atoms with van der Waals surface area (Å²) in [4.78, 5) is 62.6. The van der Waals surface area contributed by atoms with E-state index in [4.69, 9.17) is 43.6 Å². The van der Waals surface area contributed by atoms with E-state index in [1.165, 1.54) is 17.0 Å². The highest BCUT2D eigenvalue weighted by Gasteiger charge is 2.56. The highest BCUT2D eigenvalue weighted by atomic mass is 16.7. The SMILES string of the molecule is CCN(COCCc1ccccc1)C(=O)OCc1ccc(O[C@@H]2OC(C(=O)OC)C(OC(C)=O)[C@H](OC(C)=O)C2OC(C)=O)c(N)c1. The van der Waals surface area contributed by atoms with Crippen molar-refractivity contribution in [2.45, 2.75) is 71.4 Å². The first-order valence-electron chi connectivity index (χ1n) is 14.8. The first kappa shape index (κ1) is 36.6. The lowest BCUT2D eigenvalue weighted by Gasteiger charge is -2.43. The molecule has 256 valence electrons. The summed E-state index contributed by atoms with van der Waals surface area (Å²) >= 11 is 0. The molecule has 15 nitrogen and oxygen atoms in total. The van der Waals surface area contributed by atoms with Gasteiger partial charge in [-0.1, -0.05) is 36.4 Å². The maximum Gasteiger partial charge on any atom is 0.411 e. The summed E-state index contributed by atoms with van der Waals surface area (Å²) < 4.78 is 43.5. The third-order valence-corrected chi connectivity index (χ3v) is 6.78. The van der Waals surface area contributed by atoms with Gasteiger partial charge in [0.25, 0.3) is 0 Å². The monoisotopic (exact) mass is 660 g/mol. The van der Waals surface area contributed by atoms with E-state index < -0.39 is 60.7 Å². The number of methoxy groups -OCH3 is 1. The van der Waals surface area contributed by atoms with Crippen molar-refractivity contribution in [3.05, 3.63) is 59.7 Å². The van der Waals surface area contributed by atoms with Crippen molar-refractivity contribution < 1.29 is 61.9 Å². The lowest BCUT2D eigenvalue weighted by Crippen LogP contribution is -2.64. The van der Waals surface area contributed by atoms with Crippen LogP contribution in [0.3, 0.4) is 0 Å². The maximum absolute atomic E-state index is 12.7. The minimum absolute atomic E-state index is 0.0281. The molecule has 2 N–H and O–H groups in total. The van der Waals surface area contributed by atoms with Crippen LogP contribution < -0.4 is 10.5 Å². The quantitative estimate of drug-likeness (QED) is 0.102. The molecule has 1 aliphatic rings. The zero-order valence-electron chi connectivity index (χ0n) is 26.9. The Hall–Kier alpha value is -4.89. The van der Waals surface area contributed by atoms with Gasteiger partial charge in [-0.15, -0.1) is 0 Å². The number of amides is 1. The molecule has 3 unspecified atom stereocenters. The second-order valence-corrected chi connectivity index (χ2v) is 10.3. The average Bonchev–Trinajstić information content (AvgIpc) is 3.03. The van der Waals surface area contributed by atoms with Crippen LogP contribution in [0.1, 0.15) is 38.8 Å². The predicted molar refractivity (Wildman–Crippen MR) is 162 cm³/mol. The van der Waals surface area contributed by atoms with Gasteiger partial charge < -0.3 is 43.6 Å². The van der Waals surface area contributed by atoms with Gasteiger partial charge in [0.2, 0.25) is 12.4 Å². The van der Waals surface area contributed by atoms with Crippen molar-refractivity contribution in [2.24, 2.45) is 0 Å². The summed E-state index contributed by atoms with van der Waals surface area (Å²) in [5.41, 5.74) is 7.94. The van der Waals surface area contributed by atoms with Crippen molar-refractivity contribution in [2.75, 3.05) is 32.7 Å². The largest absolute Gasteiger partial charge is 0.467 e. The fourth-order valence-electron chi connectivity index (χ4n) is 4.61. The molecule has 0 aromatic heterocycles. The van der Waals surface area contributed by atoms with Crippen LogP contribution in [0.5, 0.6) is 5.75 Å².